The van der Waals surface area contributed by atoms with E-state index in [4.69, 9.17) is 16.4 Å². The Morgan fingerprint density at radius 3 is 2.94 bits per heavy atom. The van der Waals surface area contributed by atoms with Crippen molar-refractivity contribution < 1.29 is 4.84 Å². The largest absolute Gasteiger partial charge is 0.296 e. The van der Waals surface area contributed by atoms with Crippen LogP contribution in [-0.4, -0.2) is 5.60 Å². The highest BCUT2D eigenvalue weighted by Crippen LogP contribution is 2.37. The van der Waals surface area contributed by atoms with Crippen molar-refractivity contribution in [3.8, 4) is 0 Å². The lowest BCUT2D eigenvalue weighted by molar-refractivity contribution is -0.0910. The van der Waals surface area contributed by atoms with Crippen molar-refractivity contribution in [1.82, 2.24) is 5.48 Å². The zero-order valence-electron chi connectivity index (χ0n) is 9.97. The van der Waals surface area contributed by atoms with Gasteiger partial charge in [-0.15, -0.1) is 11.3 Å². The zero-order valence-corrected chi connectivity index (χ0v) is 11.5. The van der Waals surface area contributed by atoms with Gasteiger partial charge in [0.05, 0.1) is 16.0 Å². The van der Waals surface area contributed by atoms with E-state index in [-0.39, 0.29) is 5.60 Å². The number of hydrogen-bond acceptors (Lipinski definition) is 3. The number of thiophene rings is 1. The number of hydrogen-bond donors (Lipinski definition) is 1. The van der Waals surface area contributed by atoms with Gasteiger partial charge in [0.2, 0.25) is 0 Å². The molecule has 0 bridgehead atoms. The van der Waals surface area contributed by atoms with E-state index in [0.29, 0.717) is 6.04 Å². The first-order valence-electron chi connectivity index (χ1n) is 5.67. The average molecular weight is 260 g/mol. The molecular formula is C12H18ClNOS. The second-order valence-electron chi connectivity index (χ2n) is 5.21. The molecule has 1 aliphatic carbocycles. The Labute approximate surface area is 106 Å². The maximum absolute atomic E-state index is 6.06. The smallest absolute Gasteiger partial charge is 0.0934 e. The highest BCUT2D eigenvalue weighted by molar-refractivity contribution is 7.16. The van der Waals surface area contributed by atoms with Gasteiger partial charge in [-0.1, -0.05) is 11.6 Å². The Balaban J connectivity index is 2.07. The fourth-order valence-corrected chi connectivity index (χ4v) is 3.28. The minimum absolute atomic E-state index is 0.155. The van der Waals surface area contributed by atoms with Crippen molar-refractivity contribution in [3.63, 3.8) is 0 Å². The molecule has 2 rings (SSSR count). The van der Waals surface area contributed by atoms with Gasteiger partial charge in [0.25, 0.3) is 0 Å². The lowest BCUT2D eigenvalue weighted by Gasteiger charge is -2.27. The molecule has 0 saturated heterocycles. The van der Waals surface area contributed by atoms with Crippen LogP contribution < -0.4 is 5.48 Å². The topological polar surface area (TPSA) is 21.3 Å². The third-order valence-electron chi connectivity index (χ3n) is 2.59. The highest BCUT2D eigenvalue weighted by Gasteiger charge is 2.24. The quantitative estimate of drug-likeness (QED) is 0.808. The SMILES string of the molecule is CC(C)(C)ONC1CCCc2sc(Cl)cc21. The lowest BCUT2D eigenvalue weighted by atomic mass is 9.95. The van der Waals surface area contributed by atoms with Crippen LogP contribution in [0.4, 0.5) is 0 Å². The number of rotatable bonds is 2. The number of fused-ring (bicyclic) bond motifs is 1. The Morgan fingerprint density at radius 2 is 2.25 bits per heavy atom. The van der Waals surface area contributed by atoms with Crippen LogP contribution in [0.2, 0.25) is 4.34 Å². The molecule has 1 N–H and O–H groups in total. The highest BCUT2D eigenvalue weighted by atomic mass is 35.5. The van der Waals surface area contributed by atoms with E-state index < -0.39 is 0 Å². The molecule has 1 heterocycles. The normalized spacial score (nSPS) is 20.9. The Morgan fingerprint density at radius 1 is 1.50 bits per heavy atom. The van der Waals surface area contributed by atoms with Gasteiger partial charge < -0.3 is 0 Å². The Kier molecular flexibility index (Phi) is 3.59. The first kappa shape index (κ1) is 12.4. The van der Waals surface area contributed by atoms with Crippen LogP contribution >= 0.6 is 22.9 Å². The molecule has 2 nitrogen and oxygen atoms in total. The minimum Gasteiger partial charge on any atom is -0.296 e. The summed E-state index contributed by atoms with van der Waals surface area (Å²) < 4.78 is 0.884. The fourth-order valence-electron chi connectivity index (χ4n) is 1.89. The number of halogens is 1. The average Bonchev–Trinajstić information content (AvgIpc) is 2.54. The molecule has 4 heteroatoms. The predicted octanol–water partition coefficient (Wildman–Crippen LogP) is 4.10. The third kappa shape index (κ3) is 2.98. The van der Waals surface area contributed by atoms with Gasteiger partial charge in [0, 0.05) is 4.88 Å². The van der Waals surface area contributed by atoms with Crippen LogP contribution in [0.1, 0.15) is 50.1 Å². The van der Waals surface area contributed by atoms with Gasteiger partial charge in [0.15, 0.2) is 0 Å². The molecule has 0 amide bonds. The molecule has 0 saturated carbocycles. The molecule has 0 aromatic carbocycles. The molecular weight excluding hydrogens is 242 g/mol. The van der Waals surface area contributed by atoms with E-state index in [0.717, 1.165) is 17.2 Å². The second kappa shape index (κ2) is 4.65. The van der Waals surface area contributed by atoms with Crippen molar-refractivity contribution >= 4 is 22.9 Å². The summed E-state index contributed by atoms with van der Waals surface area (Å²) in [4.78, 5) is 7.06. The summed E-state index contributed by atoms with van der Waals surface area (Å²) in [5.74, 6) is 0. The van der Waals surface area contributed by atoms with E-state index in [1.807, 2.05) is 20.8 Å². The molecule has 0 spiro atoms. The molecule has 1 aliphatic rings. The van der Waals surface area contributed by atoms with Gasteiger partial charge >= 0.3 is 0 Å². The molecule has 1 atom stereocenters. The van der Waals surface area contributed by atoms with Crippen LogP contribution in [-0.2, 0) is 11.3 Å². The van der Waals surface area contributed by atoms with E-state index in [2.05, 4.69) is 11.5 Å². The molecule has 0 aliphatic heterocycles. The fraction of sp³-hybridized carbons (Fsp3) is 0.667. The summed E-state index contributed by atoms with van der Waals surface area (Å²) in [5, 5.41) is 0. The number of aryl methyl sites for hydroxylation is 1. The predicted molar refractivity (Wildman–Crippen MR) is 69.0 cm³/mol. The Bertz CT molecular complexity index is 370. The number of hydroxylamine groups is 1. The van der Waals surface area contributed by atoms with Crippen LogP contribution in [0.5, 0.6) is 0 Å². The molecule has 16 heavy (non-hydrogen) atoms. The minimum atomic E-state index is -0.155. The molecule has 1 aromatic rings. The van der Waals surface area contributed by atoms with Gasteiger partial charge in [0.1, 0.15) is 0 Å². The van der Waals surface area contributed by atoms with E-state index in [1.165, 1.54) is 16.9 Å². The monoisotopic (exact) mass is 259 g/mol. The van der Waals surface area contributed by atoms with E-state index in [9.17, 15) is 0 Å². The van der Waals surface area contributed by atoms with Gasteiger partial charge in [-0.25, -0.2) is 0 Å². The number of nitrogens with one attached hydrogen (secondary N) is 1. The van der Waals surface area contributed by atoms with Crippen LogP contribution in [0.15, 0.2) is 6.07 Å². The zero-order chi connectivity index (χ0) is 11.8. The summed E-state index contributed by atoms with van der Waals surface area (Å²) in [6.45, 7) is 6.14. The lowest BCUT2D eigenvalue weighted by Crippen LogP contribution is -2.33. The maximum Gasteiger partial charge on any atom is 0.0934 e. The van der Waals surface area contributed by atoms with Crippen LogP contribution in [0.3, 0.4) is 0 Å². The first-order chi connectivity index (χ1) is 7.46. The molecule has 0 fully saturated rings. The van der Waals surface area contributed by atoms with Crippen molar-refractivity contribution in [2.45, 2.75) is 51.7 Å². The van der Waals surface area contributed by atoms with E-state index >= 15 is 0 Å². The second-order valence-corrected chi connectivity index (χ2v) is 6.97. The molecule has 1 aromatic heterocycles. The van der Waals surface area contributed by atoms with E-state index in [1.54, 1.807) is 11.3 Å². The summed E-state index contributed by atoms with van der Waals surface area (Å²) >= 11 is 7.75. The summed E-state index contributed by atoms with van der Waals surface area (Å²) in [6, 6.07) is 2.37. The van der Waals surface area contributed by atoms with Crippen molar-refractivity contribution in [3.05, 3.63) is 20.8 Å². The van der Waals surface area contributed by atoms with Crippen molar-refractivity contribution in [2.75, 3.05) is 0 Å². The first-order valence-corrected chi connectivity index (χ1v) is 6.87. The van der Waals surface area contributed by atoms with Gasteiger partial charge in [-0.05, 0) is 51.7 Å². The standard InChI is InChI=1S/C12H18ClNOS/c1-12(2,3)15-14-9-5-4-6-10-8(9)7-11(13)16-10/h7,9,14H,4-6H2,1-3H3. The summed E-state index contributed by atoms with van der Waals surface area (Å²) in [5.41, 5.74) is 4.35. The third-order valence-corrected chi connectivity index (χ3v) is 3.93. The summed E-state index contributed by atoms with van der Waals surface area (Å²) in [7, 11) is 0. The maximum atomic E-state index is 6.06. The van der Waals surface area contributed by atoms with Gasteiger partial charge in [-0.2, -0.15) is 5.48 Å². The summed E-state index contributed by atoms with van der Waals surface area (Å²) in [6.07, 6.45) is 3.48. The molecule has 1 unspecified atom stereocenters. The van der Waals surface area contributed by atoms with Crippen molar-refractivity contribution in [2.24, 2.45) is 0 Å². The molecule has 90 valence electrons. The Hall–Kier alpha value is -0.0900. The van der Waals surface area contributed by atoms with Gasteiger partial charge in [-0.3, -0.25) is 4.84 Å². The van der Waals surface area contributed by atoms with Crippen LogP contribution in [0, 0.1) is 0 Å². The molecule has 0 radical (unpaired) electrons. The van der Waals surface area contributed by atoms with Crippen molar-refractivity contribution in [1.29, 1.82) is 0 Å². The van der Waals surface area contributed by atoms with Crippen LogP contribution in [0.25, 0.3) is 0 Å².